The van der Waals surface area contributed by atoms with Gasteiger partial charge in [-0.25, -0.2) is 0 Å². The van der Waals surface area contributed by atoms with Gasteiger partial charge in [0.25, 0.3) is 0 Å². The minimum atomic E-state index is 0.263. The molecule has 1 aliphatic heterocycles. The summed E-state index contributed by atoms with van der Waals surface area (Å²) < 4.78 is 6.15. The number of rotatable bonds is 3. The van der Waals surface area contributed by atoms with Crippen LogP contribution < -0.4 is 5.32 Å². The lowest BCUT2D eigenvalue weighted by Crippen LogP contribution is -2.51. The van der Waals surface area contributed by atoms with Crippen LogP contribution in [-0.4, -0.2) is 35.8 Å². The highest BCUT2D eigenvalue weighted by Gasteiger charge is 2.40. The maximum absolute atomic E-state index is 6.15. The summed E-state index contributed by atoms with van der Waals surface area (Å²) in [6, 6.07) is 1.47. The Kier molecular flexibility index (Phi) is 4.76. The molecule has 3 aliphatic rings. The first kappa shape index (κ1) is 14.2. The predicted octanol–water partition coefficient (Wildman–Crippen LogP) is 3.74. The van der Waals surface area contributed by atoms with Crippen LogP contribution in [-0.2, 0) is 4.74 Å². The van der Waals surface area contributed by atoms with E-state index in [-0.39, 0.29) is 5.60 Å². The van der Waals surface area contributed by atoms with Gasteiger partial charge in [0.05, 0.1) is 5.60 Å². The zero-order valence-electron chi connectivity index (χ0n) is 12.3. The summed E-state index contributed by atoms with van der Waals surface area (Å²) in [7, 11) is 0. The summed E-state index contributed by atoms with van der Waals surface area (Å²) in [5, 5.41) is 4.85. The lowest BCUT2D eigenvalue weighted by molar-refractivity contribution is -0.0850. The third-order valence-electron chi connectivity index (χ3n) is 5.46. The molecule has 3 heteroatoms. The van der Waals surface area contributed by atoms with Gasteiger partial charge < -0.3 is 10.1 Å². The largest absolute Gasteiger partial charge is 0.375 e. The van der Waals surface area contributed by atoms with E-state index in [9.17, 15) is 0 Å². The zero-order valence-corrected chi connectivity index (χ0v) is 13.1. The van der Waals surface area contributed by atoms with Crippen LogP contribution in [0.3, 0.4) is 0 Å². The predicted molar refractivity (Wildman–Crippen MR) is 82.9 cm³/mol. The number of ether oxygens (including phenoxy) is 1. The van der Waals surface area contributed by atoms with Gasteiger partial charge in [-0.05, 0) is 44.8 Å². The van der Waals surface area contributed by atoms with Crippen molar-refractivity contribution in [3.8, 4) is 0 Å². The highest BCUT2D eigenvalue weighted by atomic mass is 32.2. The summed E-state index contributed by atoms with van der Waals surface area (Å²) in [5.41, 5.74) is 0.263. The number of hydrogen-bond donors (Lipinski definition) is 1. The third-order valence-corrected chi connectivity index (χ3v) is 6.63. The monoisotopic (exact) mass is 283 g/mol. The Bertz CT molecular complexity index is 290. The second-order valence-electron chi connectivity index (χ2n) is 6.76. The van der Waals surface area contributed by atoms with Crippen molar-refractivity contribution in [2.24, 2.45) is 0 Å². The van der Waals surface area contributed by atoms with E-state index >= 15 is 0 Å². The van der Waals surface area contributed by atoms with Crippen molar-refractivity contribution in [3.63, 3.8) is 0 Å². The fraction of sp³-hybridized carbons (Fsp3) is 1.00. The normalized spacial score (nSPS) is 38.7. The van der Waals surface area contributed by atoms with Crippen LogP contribution in [0.4, 0.5) is 0 Å². The Balaban J connectivity index is 1.56. The molecule has 0 bridgehead atoms. The van der Waals surface area contributed by atoms with Gasteiger partial charge in [0.1, 0.15) is 0 Å². The van der Waals surface area contributed by atoms with Gasteiger partial charge in [-0.3, -0.25) is 0 Å². The standard InChI is InChI=1S/C16H29NOS/c1-19-15-7-3-2-6-14(15)17-13-8-11-18-16(12-13)9-4-5-10-16/h13-15,17H,2-12H2,1H3. The van der Waals surface area contributed by atoms with Crippen LogP contribution in [0.25, 0.3) is 0 Å². The van der Waals surface area contributed by atoms with Gasteiger partial charge >= 0.3 is 0 Å². The molecule has 3 unspecified atom stereocenters. The Labute approximate surface area is 122 Å². The molecule has 3 atom stereocenters. The topological polar surface area (TPSA) is 21.3 Å². The SMILES string of the molecule is CSC1CCCCC1NC1CCOC2(CCCC2)C1. The molecule has 2 saturated carbocycles. The quantitative estimate of drug-likeness (QED) is 0.852. The van der Waals surface area contributed by atoms with E-state index in [1.165, 1.54) is 64.2 Å². The molecule has 1 saturated heterocycles. The smallest absolute Gasteiger partial charge is 0.0697 e. The first-order valence-electron chi connectivity index (χ1n) is 8.24. The lowest BCUT2D eigenvalue weighted by atomic mass is 9.87. The van der Waals surface area contributed by atoms with Crippen LogP contribution in [0.1, 0.15) is 64.2 Å². The first-order valence-corrected chi connectivity index (χ1v) is 9.53. The molecule has 3 rings (SSSR count). The minimum absolute atomic E-state index is 0.263. The molecule has 2 nitrogen and oxygen atoms in total. The fourth-order valence-corrected chi connectivity index (χ4v) is 5.36. The van der Waals surface area contributed by atoms with Crippen molar-refractivity contribution >= 4 is 11.8 Å². The van der Waals surface area contributed by atoms with Gasteiger partial charge in [-0.1, -0.05) is 25.7 Å². The first-order chi connectivity index (χ1) is 9.31. The minimum Gasteiger partial charge on any atom is -0.375 e. The summed E-state index contributed by atoms with van der Waals surface area (Å²) in [4.78, 5) is 0. The van der Waals surface area contributed by atoms with Crippen LogP contribution in [0.5, 0.6) is 0 Å². The number of nitrogens with one attached hydrogen (secondary N) is 1. The molecule has 1 heterocycles. The highest BCUT2D eigenvalue weighted by Crippen LogP contribution is 2.40. The molecule has 3 fully saturated rings. The molecule has 110 valence electrons. The molecule has 0 aromatic carbocycles. The van der Waals surface area contributed by atoms with Crippen LogP contribution in [0.2, 0.25) is 0 Å². The lowest BCUT2D eigenvalue weighted by Gasteiger charge is -2.42. The number of hydrogen-bond acceptors (Lipinski definition) is 3. The maximum atomic E-state index is 6.15. The third kappa shape index (κ3) is 3.30. The van der Waals surface area contributed by atoms with Crippen molar-refractivity contribution in [2.75, 3.05) is 12.9 Å². The summed E-state index contributed by atoms with van der Waals surface area (Å²) in [6.07, 6.45) is 15.8. The molecule has 1 spiro atoms. The Morgan fingerprint density at radius 2 is 1.84 bits per heavy atom. The Hall–Kier alpha value is 0.270. The van der Waals surface area contributed by atoms with Crippen LogP contribution in [0.15, 0.2) is 0 Å². The average Bonchev–Trinajstić information content (AvgIpc) is 2.87. The molecule has 0 aromatic heterocycles. The van der Waals surface area contributed by atoms with Crippen molar-refractivity contribution in [1.29, 1.82) is 0 Å². The van der Waals surface area contributed by atoms with Crippen molar-refractivity contribution in [2.45, 2.75) is 87.1 Å². The molecular weight excluding hydrogens is 254 g/mol. The van der Waals surface area contributed by atoms with Gasteiger partial charge in [0, 0.05) is 23.9 Å². The van der Waals surface area contributed by atoms with E-state index in [2.05, 4.69) is 23.3 Å². The van der Waals surface area contributed by atoms with Gasteiger partial charge in [0.15, 0.2) is 0 Å². The van der Waals surface area contributed by atoms with Gasteiger partial charge in [-0.15, -0.1) is 0 Å². The van der Waals surface area contributed by atoms with Crippen LogP contribution >= 0.6 is 11.8 Å². The average molecular weight is 283 g/mol. The highest BCUT2D eigenvalue weighted by molar-refractivity contribution is 7.99. The van der Waals surface area contributed by atoms with E-state index in [1.54, 1.807) is 0 Å². The van der Waals surface area contributed by atoms with E-state index in [4.69, 9.17) is 4.74 Å². The fourth-order valence-electron chi connectivity index (χ4n) is 4.41. The van der Waals surface area contributed by atoms with Crippen molar-refractivity contribution in [1.82, 2.24) is 5.32 Å². The van der Waals surface area contributed by atoms with Crippen LogP contribution in [0, 0.1) is 0 Å². The molecule has 2 aliphatic carbocycles. The summed E-state index contributed by atoms with van der Waals surface area (Å²) in [5.74, 6) is 0. The summed E-state index contributed by atoms with van der Waals surface area (Å²) >= 11 is 2.07. The van der Waals surface area contributed by atoms with E-state index in [1.807, 2.05) is 0 Å². The van der Waals surface area contributed by atoms with Crippen molar-refractivity contribution < 1.29 is 4.74 Å². The van der Waals surface area contributed by atoms with Gasteiger partial charge in [0.2, 0.25) is 0 Å². The van der Waals surface area contributed by atoms with Crippen molar-refractivity contribution in [3.05, 3.63) is 0 Å². The molecule has 0 aromatic rings. The second-order valence-corrected chi connectivity index (χ2v) is 7.84. The van der Waals surface area contributed by atoms with E-state index in [0.29, 0.717) is 6.04 Å². The van der Waals surface area contributed by atoms with Gasteiger partial charge in [-0.2, -0.15) is 11.8 Å². The molecule has 0 radical (unpaired) electrons. The molecule has 1 N–H and O–H groups in total. The maximum Gasteiger partial charge on any atom is 0.0697 e. The summed E-state index contributed by atoms with van der Waals surface area (Å²) in [6.45, 7) is 0.980. The molecule has 0 amide bonds. The molecular formula is C16H29NOS. The zero-order chi connectivity index (χ0) is 13.1. The number of thioether (sulfide) groups is 1. The van der Waals surface area contributed by atoms with E-state index in [0.717, 1.165) is 17.9 Å². The van der Waals surface area contributed by atoms with E-state index < -0.39 is 0 Å². The Morgan fingerprint density at radius 1 is 1.05 bits per heavy atom. The Morgan fingerprint density at radius 3 is 2.63 bits per heavy atom. The second kappa shape index (κ2) is 6.36. The molecule has 19 heavy (non-hydrogen) atoms.